The van der Waals surface area contributed by atoms with Crippen LogP contribution in [-0.4, -0.2) is 38.1 Å². The van der Waals surface area contributed by atoms with E-state index in [1.165, 1.54) is 39.0 Å². The maximum Gasteiger partial charge on any atom is 0.302 e. The van der Waals surface area contributed by atoms with Gasteiger partial charge < -0.3 is 9.64 Å². The molecule has 1 aliphatic carbocycles. The van der Waals surface area contributed by atoms with E-state index < -0.39 is 0 Å². The molecule has 3 nitrogen and oxygen atoms in total. The summed E-state index contributed by atoms with van der Waals surface area (Å²) in [6.07, 6.45) is 6.26. The maximum atomic E-state index is 10.9. The fraction of sp³-hybridized carbons (Fsp3) is 0.917. The van der Waals surface area contributed by atoms with Gasteiger partial charge in [-0.2, -0.15) is 0 Å². The molecule has 0 amide bonds. The summed E-state index contributed by atoms with van der Waals surface area (Å²) in [7, 11) is 4.17. The molecule has 0 radical (unpaired) electrons. The number of hydrogen-bond acceptors (Lipinski definition) is 3. The van der Waals surface area contributed by atoms with Gasteiger partial charge in [0.2, 0.25) is 0 Å². The number of rotatable bonds is 4. The highest BCUT2D eigenvalue weighted by molar-refractivity contribution is 5.65. The van der Waals surface area contributed by atoms with Gasteiger partial charge in [0.15, 0.2) is 0 Å². The summed E-state index contributed by atoms with van der Waals surface area (Å²) in [6, 6.07) is 0. The monoisotopic (exact) mass is 213 g/mol. The first kappa shape index (κ1) is 12.5. The molecule has 3 heteroatoms. The van der Waals surface area contributed by atoms with Crippen molar-refractivity contribution >= 4 is 5.97 Å². The van der Waals surface area contributed by atoms with Gasteiger partial charge in [0.1, 0.15) is 0 Å². The van der Waals surface area contributed by atoms with Crippen LogP contribution in [0.15, 0.2) is 0 Å². The van der Waals surface area contributed by atoms with Crippen LogP contribution in [0.4, 0.5) is 0 Å². The van der Waals surface area contributed by atoms with Gasteiger partial charge in [-0.05, 0) is 26.9 Å². The lowest BCUT2D eigenvalue weighted by Crippen LogP contribution is -2.39. The highest BCUT2D eigenvalue weighted by Gasteiger charge is 2.33. The summed E-state index contributed by atoms with van der Waals surface area (Å²) < 4.78 is 5.22. The second kappa shape index (κ2) is 5.50. The van der Waals surface area contributed by atoms with Crippen molar-refractivity contribution in [2.24, 2.45) is 5.41 Å². The summed E-state index contributed by atoms with van der Waals surface area (Å²) in [5.41, 5.74) is 0.216. The van der Waals surface area contributed by atoms with Crippen molar-refractivity contribution in [3.63, 3.8) is 0 Å². The van der Waals surface area contributed by atoms with Crippen molar-refractivity contribution in [3.8, 4) is 0 Å². The number of nitrogens with zero attached hydrogens (tertiary/aromatic N) is 1. The molecular formula is C12H23NO2. The Labute approximate surface area is 92.8 Å². The zero-order valence-electron chi connectivity index (χ0n) is 10.2. The zero-order chi connectivity index (χ0) is 11.3. The Balaban J connectivity index is 2.53. The Morgan fingerprint density at radius 2 is 1.87 bits per heavy atom. The molecule has 0 aliphatic heterocycles. The minimum Gasteiger partial charge on any atom is -0.465 e. The third-order valence-electron chi connectivity index (χ3n) is 3.15. The molecule has 0 aromatic rings. The Morgan fingerprint density at radius 1 is 1.27 bits per heavy atom. The molecule has 0 aromatic carbocycles. The molecule has 1 aliphatic rings. The van der Waals surface area contributed by atoms with Gasteiger partial charge in [0.25, 0.3) is 0 Å². The van der Waals surface area contributed by atoms with Crippen LogP contribution >= 0.6 is 0 Å². The molecule has 0 aromatic heterocycles. The van der Waals surface area contributed by atoms with E-state index in [-0.39, 0.29) is 11.4 Å². The fourth-order valence-corrected chi connectivity index (χ4v) is 2.58. The van der Waals surface area contributed by atoms with E-state index in [1.54, 1.807) is 0 Å². The first-order valence-corrected chi connectivity index (χ1v) is 5.82. The van der Waals surface area contributed by atoms with Crippen LogP contribution in [-0.2, 0) is 9.53 Å². The van der Waals surface area contributed by atoms with Gasteiger partial charge in [0.05, 0.1) is 6.61 Å². The summed E-state index contributed by atoms with van der Waals surface area (Å²) in [6.45, 7) is 3.12. The van der Waals surface area contributed by atoms with Crippen molar-refractivity contribution in [2.75, 3.05) is 27.2 Å². The van der Waals surface area contributed by atoms with E-state index >= 15 is 0 Å². The number of carbonyl (C=O) groups excluding carboxylic acids is 1. The number of hydrogen-bond donors (Lipinski definition) is 0. The van der Waals surface area contributed by atoms with E-state index in [9.17, 15) is 4.79 Å². The van der Waals surface area contributed by atoms with Crippen molar-refractivity contribution in [2.45, 2.75) is 39.0 Å². The van der Waals surface area contributed by atoms with Gasteiger partial charge in [-0.3, -0.25) is 4.79 Å². The van der Waals surface area contributed by atoms with E-state index in [1.807, 2.05) is 0 Å². The predicted molar refractivity (Wildman–Crippen MR) is 60.7 cm³/mol. The Kier molecular flexibility index (Phi) is 4.58. The molecule has 0 saturated heterocycles. The third-order valence-corrected chi connectivity index (χ3v) is 3.15. The summed E-state index contributed by atoms with van der Waals surface area (Å²) in [5.74, 6) is -0.154. The Morgan fingerprint density at radius 3 is 2.33 bits per heavy atom. The number of esters is 1. The first-order valence-electron chi connectivity index (χ1n) is 5.82. The lowest BCUT2D eigenvalue weighted by molar-refractivity contribution is -0.145. The zero-order valence-corrected chi connectivity index (χ0v) is 10.2. The van der Waals surface area contributed by atoms with Crippen LogP contribution in [0.2, 0.25) is 0 Å². The molecule has 0 N–H and O–H groups in total. The molecule has 1 rings (SSSR count). The molecule has 15 heavy (non-hydrogen) atoms. The van der Waals surface area contributed by atoms with Gasteiger partial charge in [-0.25, -0.2) is 0 Å². The van der Waals surface area contributed by atoms with Gasteiger partial charge in [-0.1, -0.05) is 19.3 Å². The molecule has 1 fully saturated rings. The molecular weight excluding hydrogens is 190 g/mol. The quantitative estimate of drug-likeness (QED) is 0.669. The average molecular weight is 213 g/mol. The van der Waals surface area contributed by atoms with Crippen LogP contribution in [0.3, 0.4) is 0 Å². The second-order valence-electron chi connectivity index (χ2n) is 5.08. The topological polar surface area (TPSA) is 29.5 Å². The average Bonchev–Trinajstić information content (AvgIpc) is 2.15. The highest BCUT2D eigenvalue weighted by Crippen LogP contribution is 2.37. The third kappa shape index (κ3) is 4.20. The predicted octanol–water partition coefficient (Wildman–Crippen LogP) is 2.06. The van der Waals surface area contributed by atoms with E-state index in [0.29, 0.717) is 6.61 Å². The molecule has 0 unspecified atom stereocenters. The largest absolute Gasteiger partial charge is 0.465 e. The molecule has 0 bridgehead atoms. The smallest absolute Gasteiger partial charge is 0.302 e. The van der Waals surface area contributed by atoms with E-state index in [2.05, 4.69) is 19.0 Å². The van der Waals surface area contributed by atoms with Crippen LogP contribution in [0.5, 0.6) is 0 Å². The van der Waals surface area contributed by atoms with E-state index in [4.69, 9.17) is 4.74 Å². The van der Waals surface area contributed by atoms with E-state index in [0.717, 1.165) is 6.54 Å². The summed E-state index contributed by atoms with van der Waals surface area (Å²) in [5, 5.41) is 0. The van der Waals surface area contributed by atoms with Gasteiger partial charge in [-0.15, -0.1) is 0 Å². The SMILES string of the molecule is CC(=O)OCC1(CN(C)C)CCCCC1. The molecule has 0 spiro atoms. The molecule has 1 saturated carbocycles. The molecule has 0 atom stereocenters. The van der Waals surface area contributed by atoms with Crippen LogP contribution in [0.1, 0.15) is 39.0 Å². The molecule has 88 valence electrons. The first-order chi connectivity index (χ1) is 7.04. The normalized spacial score (nSPS) is 20.3. The summed E-state index contributed by atoms with van der Waals surface area (Å²) in [4.78, 5) is 13.1. The second-order valence-corrected chi connectivity index (χ2v) is 5.08. The van der Waals surface area contributed by atoms with Crippen LogP contribution in [0, 0.1) is 5.41 Å². The number of ether oxygens (including phenoxy) is 1. The van der Waals surface area contributed by atoms with Crippen molar-refractivity contribution in [3.05, 3.63) is 0 Å². The van der Waals surface area contributed by atoms with Gasteiger partial charge in [0, 0.05) is 18.9 Å². The molecule has 0 heterocycles. The highest BCUT2D eigenvalue weighted by atomic mass is 16.5. The van der Waals surface area contributed by atoms with Crippen LogP contribution in [0.25, 0.3) is 0 Å². The lowest BCUT2D eigenvalue weighted by Gasteiger charge is -2.38. The Hall–Kier alpha value is -0.570. The standard InChI is InChI=1S/C12H23NO2/c1-11(14)15-10-12(9-13(2)3)7-5-4-6-8-12/h4-10H2,1-3H3. The van der Waals surface area contributed by atoms with Crippen LogP contribution < -0.4 is 0 Å². The Bertz CT molecular complexity index is 208. The number of carbonyl (C=O) groups is 1. The summed E-state index contributed by atoms with van der Waals surface area (Å²) >= 11 is 0. The van der Waals surface area contributed by atoms with Crippen molar-refractivity contribution in [1.29, 1.82) is 0 Å². The van der Waals surface area contributed by atoms with Crippen molar-refractivity contribution < 1.29 is 9.53 Å². The minimum atomic E-state index is -0.154. The maximum absolute atomic E-state index is 10.9. The lowest BCUT2D eigenvalue weighted by atomic mass is 9.74. The fourth-order valence-electron chi connectivity index (χ4n) is 2.58. The van der Waals surface area contributed by atoms with Crippen molar-refractivity contribution in [1.82, 2.24) is 4.90 Å². The van der Waals surface area contributed by atoms with Gasteiger partial charge >= 0.3 is 5.97 Å². The minimum absolute atomic E-state index is 0.154.